The third-order valence-electron chi connectivity index (χ3n) is 3.59. The van der Waals surface area contributed by atoms with Crippen molar-refractivity contribution in [2.75, 3.05) is 0 Å². The van der Waals surface area contributed by atoms with Crippen molar-refractivity contribution < 1.29 is 9.68 Å². The van der Waals surface area contributed by atoms with E-state index >= 15 is 0 Å². The van der Waals surface area contributed by atoms with Gasteiger partial charge in [-0.25, -0.2) is 0 Å². The van der Waals surface area contributed by atoms with Crippen molar-refractivity contribution in [2.45, 2.75) is 0 Å². The topological polar surface area (TPSA) is 74.8 Å². The van der Waals surface area contributed by atoms with E-state index in [4.69, 9.17) is 9.68 Å². The zero-order valence-corrected chi connectivity index (χ0v) is 12.6. The number of H-pyrrole nitrogens is 2. The summed E-state index contributed by atoms with van der Waals surface area (Å²) in [6, 6.07) is 15.7. The van der Waals surface area contributed by atoms with Crippen molar-refractivity contribution >= 4 is 34.2 Å². The number of hydrogen-bond donors (Lipinski definition) is 2. The first-order valence-electron chi connectivity index (χ1n) is 7.43. The summed E-state index contributed by atoms with van der Waals surface area (Å²) in [6.07, 6.45) is 6.39. The van der Waals surface area contributed by atoms with Crippen LogP contribution in [-0.4, -0.2) is 22.4 Å². The highest BCUT2D eigenvalue weighted by atomic mass is 16.6. The van der Waals surface area contributed by atoms with Crippen molar-refractivity contribution in [2.24, 2.45) is 10.3 Å². The van der Waals surface area contributed by atoms with Gasteiger partial charge in [-0.3, -0.25) is 0 Å². The Bertz CT molecular complexity index is 946. The van der Waals surface area contributed by atoms with E-state index in [0.717, 1.165) is 21.8 Å². The van der Waals surface area contributed by atoms with Crippen molar-refractivity contribution in [1.29, 1.82) is 0 Å². The average molecular weight is 318 g/mol. The van der Waals surface area contributed by atoms with Crippen LogP contribution in [0.2, 0.25) is 0 Å². The second kappa shape index (κ2) is 6.29. The summed E-state index contributed by atoms with van der Waals surface area (Å²) in [5.74, 6) is 1.32. The fourth-order valence-electron chi connectivity index (χ4n) is 2.47. The second-order valence-electron chi connectivity index (χ2n) is 5.09. The number of aromatic amines is 2. The van der Waals surface area contributed by atoms with E-state index in [-0.39, 0.29) is 0 Å². The minimum atomic E-state index is 0.660. The Labute approximate surface area is 137 Å². The molecule has 0 aliphatic rings. The van der Waals surface area contributed by atoms with Gasteiger partial charge in [0, 0.05) is 34.2 Å². The van der Waals surface area contributed by atoms with Gasteiger partial charge in [0.05, 0.1) is 12.4 Å². The Hall–Kier alpha value is -3.54. The molecule has 0 aliphatic carbocycles. The van der Waals surface area contributed by atoms with Crippen LogP contribution in [0.25, 0.3) is 21.8 Å². The van der Waals surface area contributed by atoms with Crippen LogP contribution in [0.4, 0.5) is 0 Å². The Kier molecular flexibility index (Phi) is 3.69. The summed E-state index contributed by atoms with van der Waals surface area (Å²) in [4.78, 5) is 16.9. The van der Waals surface area contributed by atoms with Gasteiger partial charge >= 0.3 is 0 Å². The number of hydrogen-bond acceptors (Lipinski definition) is 4. The quantitative estimate of drug-likeness (QED) is 0.430. The van der Waals surface area contributed by atoms with E-state index in [0.29, 0.717) is 11.5 Å². The molecule has 0 bridgehead atoms. The molecule has 2 heterocycles. The molecule has 0 aliphatic heterocycles. The molecule has 2 aromatic carbocycles. The van der Waals surface area contributed by atoms with E-state index in [1.54, 1.807) is 12.4 Å². The third kappa shape index (κ3) is 2.72. The first-order chi connectivity index (χ1) is 11.9. The lowest BCUT2D eigenvalue weighted by molar-refractivity contribution is 0.344. The molecule has 0 saturated carbocycles. The fraction of sp³-hybridized carbons (Fsp3) is 0. The first kappa shape index (κ1) is 14.1. The molecule has 2 aromatic heterocycles. The molecule has 0 amide bonds. The fourth-order valence-corrected chi connectivity index (χ4v) is 2.47. The molecule has 6 nitrogen and oxygen atoms in total. The van der Waals surface area contributed by atoms with Gasteiger partial charge in [0.25, 0.3) is 0 Å². The molecule has 4 rings (SSSR count). The van der Waals surface area contributed by atoms with Crippen molar-refractivity contribution in [3.05, 3.63) is 60.9 Å². The number of nitrogens with zero attached hydrogens (tertiary/aromatic N) is 2. The predicted molar refractivity (Wildman–Crippen MR) is 94.8 cm³/mol. The zero-order valence-electron chi connectivity index (χ0n) is 12.6. The van der Waals surface area contributed by atoms with Gasteiger partial charge in [0.1, 0.15) is 0 Å². The van der Waals surface area contributed by atoms with Crippen LogP contribution in [0.15, 0.2) is 71.2 Å². The SMILES string of the molecule is C(/C=N/Oc1c[nH]c2ccccc12)=N\Oc1c[nH]c2ccccc12. The van der Waals surface area contributed by atoms with Gasteiger partial charge in [-0.1, -0.05) is 34.6 Å². The summed E-state index contributed by atoms with van der Waals surface area (Å²) in [7, 11) is 0. The number of rotatable bonds is 5. The lowest BCUT2D eigenvalue weighted by Crippen LogP contribution is -1.87. The molecule has 0 spiro atoms. The summed E-state index contributed by atoms with van der Waals surface area (Å²) in [5.41, 5.74) is 2.00. The van der Waals surface area contributed by atoms with Crippen molar-refractivity contribution in [1.82, 2.24) is 9.97 Å². The Morgan fingerprint density at radius 2 is 1.12 bits per heavy atom. The van der Waals surface area contributed by atoms with Crippen molar-refractivity contribution in [3.8, 4) is 11.5 Å². The van der Waals surface area contributed by atoms with E-state index in [1.807, 2.05) is 48.5 Å². The predicted octanol–water partition coefficient (Wildman–Crippen LogP) is 4.08. The molecule has 24 heavy (non-hydrogen) atoms. The second-order valence-corrected chi connectivity index (χ2v) is 5.09. The van der Waals surface area contributed by atoms with Crippen LogP contribution in [0.3, 0.4) is 0 Å². The van der Waals surface area contributed by atoms with Gasteiger partial charge in [-0.05, 0) is 24.3 Å². The van der Waals surface area contributed by atoms with Crippen molar-refractivity contribution in [3.63, 3.8) is 0 Å². The number of oxime groups is 2. The lowest BCUT2D eigenvalue weighted by atomic mass is 10.2. The van der Waals surface area contributed by atoms with E-state index in [1.165, 1.54) is 12.4 Å². The molecular formula is C18H14N4O2. The highest BCUT2D eigenvalue weighted by molar-refractivity contribution is 6.15. The van der Waals surface area contributed by atoms with Gasteiger partial charge in [0.2, 0.25) is 0 Å². The summed E-state index contributed by atoms with van der Waals surface area (Å²) in [6.45, 7) is 0. The van der Waals surface area contributed by atoms with Crippen LogP contribution >= 0.6 is 0 Å². The number of nitrogens with one attached hydrogen (secondary N) is 2. The molecule has 0 saturated heterocycles. The maximum Gasteiger partial charge on any atom is 0.183 e. The van der Waals surface area contributed by atoms with Crippen LogP contribution in [0.1, 0.15) is 0 Å². The molecule has 2 N–H and O–H groups in total. The van der Waals surface area contributed by atoms with Gasteiger partial charge < -0.3 is 19.6 Å². The van der Waals surface area contributed by atoms with Crippen LogP contribution in [-0.2, 0) is 0 Å². The normalized spacial score (nSPS) is 11.8. The number of para-hydroxylation sites is 2. The van der Waals surface area contributed by atoms with Gasteiger partial charge in [0.15, 0.2) is 11.5 Å². The largest absolute Gasteiger partial charge is 0.358 e. The molecule has 118 valence electrons. The van der Waals surface area contributed by atoms with Gasteiger partial charge in [-0.15, -0.1) is 0 Å². The molecule has 6 heteroatoms. The Morgan fingerprint density at radius 1 is 0.667 bits per heavy atom. The number of fused-ring (bicyclic) bond motifs is 2. The van der Waals surface area contributed by atoms with E-state index in [2.05, 4.69) is 20.3 Å². The molecule has 0 fully saturated rings. The van der Waals surface area contributed by atoms with E-state index < -0.39 is 0 Å². The maximum absolute atomic E-state index is 5.35. The summed E-state index contributed by atoms with van der Waals surface area (Å²) < 4.78 is 0. The summed E-state index contributed by atoms with van der Waals surface area (Å²) in [5, 5.41) is 9.67. The Balaban J connectivity index is 1.38. The third-order valence-corrected chi connectivity index (χ3v) is 3.59. The minimum absolute atomic E-state index is 0.660. The highest BCUT2D eigenvalue weighted by Crippen LogP contribution is 2.25. The number of benzene rings is 2. The van der Waals surface area contributed by atoms with Crippen LogP contribution < -0.4 is 9.68 Å². The van der Waals surface area contributed by atoms with E-state index in [9.17, 15) is 0 Å². The highest BCUT2D eigenvalue weighted by Gasteiger charge is 2.03. The molecular weight excluding hydrogens is 304 g/mol. The molecule has 0 radical (unpaired) electrons. The summed E-state index contributed by atoms with van der Waals surface area (Å²) >= 11 is 0. The standard InChI is InChI=1S/C18H14N4O2/c1-3-7-15-13(5-1)17(11-19-15)23-21-9-10-22-24-18-12-20-16-8-4-2-6-14(16)18/h1-12,19-20H/b21-9+,22-10+. The lowest BCUT2D eigenvalue weighted by Gasteiger charge is -1.95. The minimum Gasteiger partial charge on any atom is -0.358 e. The monoisotopic (exact) mass is 318 g/mol. The van der Waals surface area contributed by atoms with Crippen LogP contribution in [0.5, 0.6) is 11.5 Å². The van der Waals surface area contributed by atoms with Gasteiger partial charge in [-0.2, -0.15) is 0 Å². The first-order valence-corrected chi connectivity index (χ1v) is 7.43. The Morgan fingerprint density at radius 3 is 1.62 bits per heavy atom. The zero-order chi connectivity index (χ0) is 16.2. The molecule has 0 atom stereocenters. The van der Waals surface area contributed by atoms with Crippen LogP contribution in [0, 0.1) is 0 Å². The number of aromatic nitrogens is 2. The molecule has 0 unspecified atom stereocenters. The smallest absolute Gasteiger partial charge is 0.183 e. The maximum atomic E-state index is 5.35. The molecule has 4 aromatic rings. The average Bonchev–Trinajstić information content (AvgIpc) is 3.22.